The number of benzene rings is 1. The van der Waals surface area contributed by atoms with Gasteiger partial charge in [-0.15, -0.1) is 0 Å². The fraction of sp³-hybridized carbons (Fsp3) is 0.571. The van der Waals surface area contributed by atoms with Gasteiger partial charge >= 0.3 is 0 Å². The summed E-state index contributed by atoms with van der Waals surface area (Å²) in [5, 5.41) is 0. The Morgan fingerprint density at radius 2 is 1.86 bits per heavy atom. The Balaban J connectivity index is 2.99. The van der Waals surface area contributed by atoms with Crippen molar-refractivity contribution in [3.05, 3.63) is 27.1 Å². The van der Waals surface area contributed by atoms with Crippen LogP contribution < -0.4 is 4.72 Å². The first-order valence-electron chi connectivity index (χ1n) is 6.74. The third-order valence-corrected chi connectivity index (χ3v) is 5.84. The van der Waals surface area contributed by atoms with Crippen LogP contribution in [0, 0.1) is 5.92 Å². The van der Waals surface area contributed by atoms with Crippen LogP contribution in [-0.2, 0) is 10.0 Å². The first-order chi connectivity index (χ1) is 9.61. The van der Waals surface area contributed by atoms with Crippen LogP contribution >= 0.6 is 31.9 Å². The first-order valence-corrected chi connectivity index (χ1v) is 9.81. The Labute approximate surface area is 144 Å². The van der Waals surface area contributed by atoms with Crippen LogP contribution in [0.1, 0.15) is 20.3 Å². The van der Waals surface area contributed by atoms with Gasteiger partial charge in [0, 0.05) is 21.5 Å². The van der Waals surface area contributed by atoms with E-state index in [1.54, 1.807) is 18.2 Å². The summed E-state index contributed by atoms with van der Waals surface area (Å²) < 4.78 is 29.3. The van der Waals surface area contributed by atoms with E-state index in [0.717, 1.165) is 10.9 Å². The summed E-state index contributed by atoms with van der Waals surface area (Å²) in [6.07, 6.45) is 0.797. The summed E-state index contributed by atoms with van der Waals surface area (Å²) in [5.41, 5.74) is 0. The fourth-order valence-corrected chi connectivity index (χ4v) is 5.13. The van der Waals surface area contributed by atoms with Gasteiger partial charge in [-0.2, -0.15) is 0 Å². The van der Waals surface area contributed by atoms with Crippen molar-refractivity contribution in [2.75, 3.05) is 20.6 Å². The van der Waals surface area contributed by atoms with Crippen LogP contribution in [0.4, 0.5) is 0 Å². The Morgan fingerprint density at radius 3 is 2.33 bits per heavy atom. The number of hydrogen-bond donors (Lipinski definition) is 1. The molecular formula is C14H22Br2N2O2S. The van der Waals surface area contributed by atoms with E-state index < -0.39 is 10.0 Å². The van der Waals surface area contributed by atoms with E-state index in [1.807, 2.05) is 19.0 Å². The Bertz CT molecular complexity index is 564. The van der Waals surface area contributed by atoms with Crippen LogP contribution in [0.15, 0.2) is 32.0 Å². The number of halogens is 2. The van der Waals surface area contributed by atoms with Gasteiger partial charge in [0.25, 0.3) is 0 Å². The molecule has 0 bridgehead atoms. The first kappa shape index (κ1) is 19.1. The van der Waals surface area contributed by atoms with Crippen LogP contribution in [-0.4, -0.2) is 40.0 Å². The number of rotatable bonds is 7. The molecule has 0 aromatic heterocycles. The van der Waals surface area contributed by atoms with Crippen molar-refractivity contribution >= 4 is 41.9 Å². The summed E-state index contributed by atoms with van der Waals surface area (Å²) in [5.74, 6) is 0.422. The van der Waals surface area contributed by atoms with E-state index in [9.17, 15) is 8.42 Å². The highest BCUT2D eigenvalue weighted by molar-refractivity contribution is 9.11. The third-order valence-electron chi connectivity index (χ3n) is 2.85. The maximum Gasteiger partial charge on any atom is 0.241 e. The zero-order chi connectivity index (χ0) is 16.2. The van der Waals surface area contributed by atoms with Crippen LogP contribution in [0.2, 0.25) is 0 Å². The standard InChI is InChI=1S/C14H22Br2N2O2S/c1-10(2)7-12(9-18(3)4)17-21(19,20)14-6-5-11(15)8-13(14)16/h5-6,8,10,12,17H,7,9H2,1-4H3. The van der Waals surface area contributed by atoms with Crippen molar-refractivity contribution in [3.8, 4) is 0 Å². The molecule has 120 valence electrons. The Kier molecular flexibility index (Phi) is 7.33. The Morgan fingerprint density at radius 1 is 1.24 bits per heavy atom. The lowest BCUT2D eigenvalue weighted by Crippen LogP contribution is -2.42. The van der Waals surface area contributed by atoms with E-state index in [2.05, 4.69) is 50.4 Å². The molecule has 0 aliphatic rings. The highest BCUT2D eigenvalue weighted by Crippen LogP contribution is 2.26. The van der Waals surface area contributed by atoms with Crippen molar-refractivity contribution in [2.24, 2.45) is 5.92 Å². The SMILES string of the molecule is CC(C)CC(CN(C)C)NS(=O)(=O)c1ccc(Br)cc1Br. The van der Waals surface area contributed by atoms with Crippen molar-refractivity contribution in [2.45, 2.75) is 31.2 Å². The maximum atomic E-state index is 12.6. The highest BCUT2D eigenvalue weighted by Gasteiger charge is 2.23. The monoisotopic (exact) mass is 440 g/mol. The molecule has 4 nitrogen and oxygen atoms in total. The lowest BCUT2D eigenvalue weighted by Gasteiger charge is -2.24. The number of sulfonamides is 1. The van der Waals surface area contributed by atoms with Gasteiger partial charge in [0.15, 0.2) is 0 Å². The summed E-state index contributed by atoms with van der Waals surface area (Å²) in [6, 6.07) is 4.94. The van der Waals surface area contributed by atoms with Gasteiger partial charge in [-0.3, -0.25) is 0 Å². The van der Waals surface area contributed by atoms with Crippen LogP contribution in [0.5, 0.6) is 0 Å². The molecule has 1 N–H and O–H groups in total. The zero-order valence-corrected chi connectivity index (χ0v) is 16.7. The minimum atomic E-state index is -3.54. The molecule has 1 aromatic carbocycles. The molecule has 0 aliphatic carbocycles. The van der Waals surface area contributed by atoms with Crippen LogP contribution in [0.25, 0.3) is 0 Å². The molecule has 7 heteroatoms. The maximum absolute atomic E-state index is 12.6. The minimum Gasteiger partial charge on any atom is -0.308 e. The van der Waals surface area contributed by atoms with Crippen molar-refractivity contribution in [1.82, 2.24) is 9.62 Å². The van der Waals surface area contributed by atoms with Gasteiger partial charge in [-0.1, -0.05) is 29.8 Å². The van der Waals surface area contributed by atoms with Gasteiger partial charge in [-0.25, -0.2) is 13.1 Å². The second-order valence-electron chi connectivity index (χ2n) is 5.78. The molecule has 0 amide bonds. The molecule has 0 radical (unpaired) electrons. The van der Waals surface area contributed by atoms with Gasteiger partial charge in [0.05, 0.1) is 4.90 Å². The predicted octanol–water partition coefficient (Wildman–Crippen LogP) is 3.47. The molecule has 0 spiro atoms. The number of likely N-dealkylation sites (N-methyl/N-ethyl adjacent to an activating group) is 1. The average molecular weight is 442 g/mol. The van der Waals surface area contributed by atoms with Gasteiger partial charge in [0.1, 0.15) is 0 Å². The largest absolute Gasteiger partial charge is 0.308 e. The highest BCUT2D eigenvalue weighted by atomic mass is 79.9. The molecule has 0 saturated carbocycles. The smallest absolute Gasteiger partial charge is 0.241 e. The van der Waals surface area contributed by atoms with Gasteiger partial charge in [0.2, 0.25) is 10.0 Å². The summed E-state index contributed by atoms with van der Waals surface area (Å²) in [7, 11) is 0.341. The molecular weight excluding hydrogens is 420 g/mol. The molecule has 1 aromatic rings. The number of nitrogens with zero attached hydrogens (tertiary/aromatic N) is 1. The zero-order valence-electron chi connectivity index (χ0n) is 12.7. The van der Waals surface area contributed by atoms with Crippen LogP contribution in [0.3, 0.4) is 0 Å². The predicted molar refractivity (Wildman–Crippen MR) is 94.0 cm³/mol. The van der Waals surface area contributed by atoms with E-state index in [4.69, 9.17) is 0 Å². The molecule has 0 heterocycles. The van der Waals surface area contributed by atoms with Gasteiger partial charge < -0.3 is 4.90 Å². The number of hydrogen-bond acceptors (Lipinski definition) is 3. The summed E-state index contributed by atoms with van der Waals surface area (Å²) >= 11 is 6.64. The van der Waals surface area contributed by atoms with E-state index >= 15 is 0 Å². The molecule has 21 heavy (non-hydrogen) atoms. The summed E-state index contributed by atoms with van der Waals surface area (Å²) in [4.78, 5) is 2.25. The van der Waals surface area contributed by atoms with Crippen molar-refractivity contribution in [1.29, 1.82) is 0 Å². The van der Waals surface area contributed by atoms with Gasteiger partial charge in [-0.05, 0) is 60.6 Å². The third kappa shape index (κ3) is 6.36. The van der Waals surface area contributed by atoms with Crippen molar-refractivity contribution in [3.63, 3.8) is 0 Å². The normalized spacial score (nSPS) is 13.9. The fourth-order valence-electron chi connectivity index (χ4n) is 2.15. The van der Waals surface area contributed by atoms with E-state index in [1.165, 1.54) is 0 Å². The van der Waals surface area contributed by atoms with E-state index in [0.29, 0.717) is 16.9 Å². The van der Waals surface area contributed by atoms with Crippen molar-refractivity contribution < 1.29 is 8.42 Å². The molecule has 0 aliphatic heterocycles. The topological polar surface area (TPSA) is 49.4 Å². The second-order valence-corrected chi connectivity index (χ2v) is 9.24. The molecule has 0 saturated heterocycles. The summed E-state index contributed by atoms with van der Waals surface area (Å²) in [6.45, 7) is 4.85. The average Bonchev–Trinajstić information content (AvgIpc) is 2.24. The molecule has 0 fully saturated rings. The quantitative estimate of drug-likeness (QED) is 0.704. The Hall–Kier alpha value is 0.0500. The van der Waals surface area contributed by atoms with E-state index in [-0.39, 0.29) is 10.9 Å². The molecule has 1 unspecified atom stereocenters. The minimum absolute atomic E-state index is 0.111. The second kappa shape index (κ2) is 8.06. The lowest BCUT2D eigenvalue weighted by atomic mass is 10.0. The lowest BCUT2D eigenvalue weighted by molar-refractivity contribution is 0.329. The molecule has 1 atom stereocenters. The molecule has 1 rings (SSSR count). The number of nitrogens with one attached hydrogen (secondary N) is 1.